The summed E-state index contributed by atoms with van der Waals surface area (Å²) in [7, 11) is 0. The van der Waals surface area contributed by atoms with Crippen molar-refractivity contribution in [3.05, 3.63) is 30.3 Å². The number of aliphatic carboxylic acids is 1. The second kappa shape index (κ2) is 6.94. The highest BCUT2D eigenvalue weighted by Gasteiger charge is 2.20. The summed E-state index contributed by atoms with van der Waals surface area (Å²) in [6.45, 7) is 4.68. The third kappa shape index (κ3) is 4.10. The van der Waals surface area contributed by atoms with Crippen LogP contribution < -0.4 is 4.90 Å². The lowest BCUT2D eigenvalue weighted by Crippen LogP contribution is -2.39. The summed E-state index contributed by atoms with van der Waals surface area (Å²) in [6, 6.07) is 9.28. The molecule has 0 fully saturated rings. The number of rotatable bonds is 7. The Labute approximate surface area is 103 Å². The molecule has 0 aliphatic rings. The van der Waals surface area contributed by atoms with Crippen molar-refractivity contribution in [2.24, 2.45) is 0 Å². The average molecular weight is 235 g/mol. The molecule has 0 aromatic heterocycles. The van der Waals surface area contributed by atoms with E-state index in [1.807, 2.05) is 35.2 Å². The average Bonchev–Trinajstić information content (AvgIpc) is 2.35. The number of anilines is 1. The number of hydrogen-bond acceptors (Lipinski definition) is 2. The Bertz CT molecular complexity index is 337. The van der Waals surface area contributed by atoms with Crippen molar-refractivity contribution >= 4 is 11.7 Å². The number of hydrogen-bond donors (Lipinski definition) is 1. The van der Waals surface area contributed by atoms with Gasteiger partial charge >= 0.3 is 5.97 Å². The number of benzene rings is 1. The monoisotopic (exact) mass is 235 g/mol. The molecule has 0 amide bonds. The van der Waals surface area contributed by atoms with E-state index in [1.54, 1.807) is 6.92 Å². The van der Waals surface area contributed by atoms with Crippen LogP contribution in [-0.4, -0.2) is 23.7 Å². The minimum atomic E-state index is -0.773. The first-order valence-corrected chi connectivity index (χ1v) is 6.21. The van der Waals surface area contributed by atoms with E-state index < -0.39 is 12.0 Å². The molecule has 0 aliphatic carbocycles. The Kier molecular flexibility index (Phi) is 5.53. The summed E-state index contributed by atoms with van der Waals surface area (Å²) < 4.78 is 0. The second-order valence-corrected chi connectivity index (χ2v) is 4.25. The van der Waals surface area contributed by atoms with Crippen LogP contribution in [0.3, 0.4) is 0 Å². The highest BCUT2D eigenvalue weighted by molar-refractivity contribution is 5.77. The molecule has 0 saturated carbocycles. The van der Waals surface area contributed by atoms with E-state index in [9.17, 15) is 4.79 Å². The minimum Gasteiger partial charge on any atom is -0.480 e. The number of unbranched alkanes of at least 4 members (excludes halogenated alkanes) is 2. The van der Waals surface area contributed by atoms with Gasteiger partial charge in [0.15, 0.2) is 0 Å². The van der Waals surface area contributed by atoms with Crippen LogP contribution >= 0.6 is 0 Å². The van der Waals surface area contributed by atoms with Crippen molar-refractivity contribution in [3.8, 4) is 0 Å². The minimum absolute atomic E-state index is 0.478. The number of para-hydroxylation sites is 1. The molecule has 1 N–H and O–H groups in total. The van der Waals surface area contributed by atoms with Crippen LogP contribution in [0, 0.1) is 0 Å². The molecule has 0 aliphatic heterocycles. The quantitative estimate of drug-likeness (QED) is 0.738. The van der Waals surface area contributed by atoms with E-state index >= 15 is 0 Å². The van der Waals surface area contributed by atoms with Gasteiger partial charge in [-0.15, -0.1) is 0 Å². The maximum atomic E-state index is 11.1. The second-order valence-electron chi connectivity index (χ2n) is 4.25. The van der Waals surface area contributed by atoms with E-state index in [0.29, 0.717) is 0 Å². The van der Waals surface area contributed by atoms with E-state index in [1.165, 1.54) is 0 Å². The van der Waals surface area contributed by atoms with Crippen LogP contribution in [-0.2, 0) is 4.79 Å². The summed E-state index contributed by atoms with van der Waals surface area (Å²) in [5.41, 5.74) is 0.985. The fourth-order valence-corrected chi connectivity index (χ4v) is 1.83. The number of nitrogens with zero attached hydrogens (tertiary/aromatic N) is 1. The van der Waals surface area contributed by atoms with Crippen LogP contribution in [0.2, 0.25) is 0 Å². The molecular formula is C14H21NO2. The molecule has 1 aromatic rings. The van der Waals surface area contributed by atoms with Gasteiger partial charge in [0.2, 0.25) is 0 Å². The molecule has 0 bridgehead atoms. The molecule has 17 heavy (non-hydrogen) atoms. The topological polar surface area (TPSA) is 40.5 Å². The largest absolute Gasteiger partial charge is 0.480 e. The number of carbonyl (C=O) groups is 1. The zero-order valence-corrected chi connectivity index (χ0v) is 10.6. The first-order valence-electron chi connectivity index (χ1n) is 6.21. The Morgan fingerprint density at radius 2 is 1.94 bits per heavy atom. The van der Waals surface area contributed by atoms with Gasteiger partial charge in [-0.25, -0.2) is 4.79 Å². The molecule has 0 unspecified atom stereocenters. The van der Waals surface area contributed by atoms with Gasteiger partial charge in [-0.05, 0) is 25.5 Å². The Balaban J connectivity index is 2.75. The van der Waals surface area contributed by atoms with Crippen molar-refractivity contribution in [3.63, 3.8) is 0 Å². The molecule has 0 heterocycles. The number of carboxylic acids is 1. The molecule has 94 valence electrons. The van der Waals surface area contributed by atoms with Gasteiger partial charge in [0.05, 0.1) is 0 Å². The number of carboxylic acid groups (broad SMARTS) is 1. The fourth-order valence-electron chi connectivity index (χ4n) is 1.83. The summed E-state index contributed by atoms with van der Waals surface area (Å²) in [5.74, 6) is -0.773. The first kappa shape index (κ1) is 13.6. The van der Waals surface area contributed by atoms with Crippen LogP contribution in [0.15, 0.2) is 30.3 Å². The lowest BCUT2D eigenvalue weighted by atomic mass is 10.1. The molecular weight excluding hydrogens is 214 g/mol. The Morgan fingerprint density at radius 3 is 2.47 bits per heavy atom. The summed E-state index contributed by atoms with van der Waals surface area (Å²) in [4.78, 5) is 13.1. The third-order valence-electron chi connectivity index (χ3n) is 2.92. The smallest absolute Gasteiger partial charge is 0.326 e. The lowest BCUT2D eigenvalue weighted by Gasteiger charge is -2.28. The zero-order chi connectivity index (χ0) is 12.7. The zero-order valence-electron chi connectivity index (χ0n) is 10.6. The molecule has 1 aromatic carbocycles. The molecule has 3 heteroatoms. The van der Waals surface area contributed by atoms with Crippen LogP contribution in [0.1, 0.15) is 33.1 Å². The van der Waals surface area contributed by atoms with E-state index in [0.717, 1.165) is 31.5 Å². The molecule has 0 saturated heterocycles. The summed E-state index contributed by atoms with van der Waals surface area (Å²) in [6.07, 6.45) is 3.31. The van der Waals surface area contributed by atoms with E-state index in [2.05, 4.69) is 6.92 Å². The molecule has 1 rings (SSSR count). The van der Waals surface area contributed by atoms with Gasteiger partial charge in [0, 0.05) is 12.2 Å². The third-order valence-corrected chi connectivity index (χ3v) is 2.92. The van der Waals surface area contributed by atoms with Crippen LogP contribution in [0.25, 0.3) is 0 Å². The van der Waals surface area contributed by atoms with Crippen molar-refractivity contribution in [1.82, 2.24) is 0 Å². The van der Waals surface area contributed by atoms with E-state index in [4.69, 9.17) is 5.11 Å². The Morgan fingerprint density at radius 1 is 1.29 bits per heavy atom. The van der Waals surface area contributed by atoms with Crippen LogP contribution in [0.5, 0.6) is 0 Å². The predicted octanol–water partition coefficient (Wildman–Crippen LogP) is 3.16. The molecule has 0 spiro atoms. The SMILES string of the molecule is CCCCCN(c1ccccc1)[C@@H](C)C(=O)O. The predicted molar refractivity (Wildman–Crippen MR) is 70.4 cm³/mol. The fraction of sp³-hybridized carbons (Fsp3) is 0.500. The van der Waals surface area contributed by atoms with Crippen molar-refractivity contribution in [2.75, 3.05) is 11.4 Å². The van der Waals surface area contributed by atoms with Gasteiger partial charge in [-0.3, -0.25) is 0 Å². The highest BCUT2D eigenvalue weighted by Crippen LogP contribution is 2.17. The van der Waals surface area contributed by atoms with Gasteiger partial charge in [-0.2, -0.15) is 0 Å². The molecule has 0 radical (unpaired) electrons. The van der Waals surface area contributed by atoms with Crippen molar-refractivity contribution in [1.29, 1.82) is 0 Å². The van der Waals surface area contributed by atoms with Crippen LogP contribution in [0.4, 0.5) is 5.69 Å². The van der Waals surface area contributed by atoms with Crippen molar-refractivity contribution < 1.29 is 9.90 Å². The maximum Gasteiger partial charge on any atom is 0.326 e. The van der Waals surface area contributed by atoms with Gasteiger partial charge < -0.3 is 10.0 Å². The first-order chi connectivity index (χ1) is 8.16. The summed E-state index contributed by atoms with van der Waals surface area (Å²) >= 11 is 0. The summed E-state index contributed by atoms with van der Waals surface area (Å²) in [5, 5.41) is 9.13. The van der Waals surface area contributed by atoms with E-state index in [-0.39, 0.29) is 0 Å². The lowest BCUT2D eigenvalue weighted by molar-refractivity contribution is -0.138. The molecule has 1 atom stereocenters. The van der Waals surface area contributed by atoms with Gasteiger partial charge in [-0.1, -0.05) is 38.0 Å². The normalized spacial score (nSPS) is 12.1. The maximum absolute atomic E-state index is 11.1. The highest BCUT2D eigenvalue weighted by atomic mass is 16.4. The standard InChI is InChI=1S/C14H21NO2/c1-3-4-8-11-15(12(2)14(16)17)13-9-6-5-7-10-13/h5-7,9-10,12H,3-4,8,11H2,1-2H3,(H,16,17)/t12-/m0/s1. The molecule has 3 nitrogen and oxygen atoms in total. The van der Waals surface area contributed by atoms with Gasteiger partial charge in [0.1, 0.15) is 6.04 Å². The van der Waals surface area contributed by atoms with Gasteiger partial charge in [0.25, 0.3) is 0 Å². The Hall–Kier alpha value is -1.51. The van der Waals surface area contributed by atoms with Crippen molar-refractivity contribution in [2.45, 2.75) is 39.2 Å².